The summed E-state index contributed by atoms with van der Waals surface area (Å²) in [5, 5.41) is 0. The smallest absolute Gasteiger partial charge is 0.130 e. The number of imidazole rings is 2. The van der Waals surface area contributed by atoms with E-state index in [9.17, 15) is 8.78 Å². The van der Waals surface area contributed by atoms with E-state index in [-0.39, 0.29) is 25.7 Å². The van der Waals surface area contributed by atoms with Crippen molar-refractivity contribution in [2.24, 2.45) is 7.05 Å². The molecule has 0 unspecified atom stereocenters. The Bertz CT molecular complexity index is 1360. The third-order valence-corrected chi connectivity index (χ3v) is 5.07. The molecule has 0 fully saturated rings. The van der Waals surface area contributed by atoms with Gasteiger partial charge >= 0.3 is 0 Å². The first kappa shape index (κ1) is 21.8. The van der Waals surface area contributed by atoms with E-state index in [1.54, 1.807) is 12.5 Å². The average molecular weight is 604 g/mol. The number of halogens is 2. The summed E-state index contributed by atoms with van der Waals surface area (Å²) in [7, 11) is 1.85. The van der Waals surface area contributed by atoms with E-state index in [0.717, 1.165) is 29.0 Å². The van der Waals surface area contributed by atoms with Crippen LogP contribution in [0.25, 0.3) is 39.7 Å². The summed E-state index contributed by atoms with van der Waals surface area (Å²) in [5.41, 5.74) is 3.33. The van der Waals surface area contributed by atoms with Crippen molar-refractivity contribution in [1.29, 1.82) is 0 Å². The van der Waals surface area contributed by atoms with Crippen molar-refractivity contribution in [2.75, 3.05) is 0 Å². The molecule has 4 nitrogen and oxygen atoms in total. The Morgan fingerprint density at radius 3 is 2.16 bits per heavy atom. The van der Waals surface area contributed by atoms with Gasteiger partial charge < -0.3 is 9.13 Å². The Kier molecular flexibility index (Phi) is 6.12. The van der Waals surface area contributed by atoms with Crippen molar-refractivity contribution < 1.29 is 28.9 Å². The fourth-order valence-corrected chi connectivity index (χ4v) is 3.65. The number of rotatable bonds is 4. The van der Waals surface area contributed by atoms with Crippen LogP contribution in [0.3, 0.4) is 0 Å². The molecule has 0 spiro atoms. The predicted octanol–water partition coefficient (Wildman–Crippen LogP) is 5.68. The zero-order chi connectivity index (χ0) is 21.4. The van der Waals surface area contributed by atoms with Crippen molar-refractivity contribution >= 4 is 0 Å². The number of benzene rings is 3. The second-order valence-corrected chi connectivity index (χ2v) is 7.10. The Hall–Kier alpha value is -3.41. The van der Waals surface area contributed by atoms with Gasteiger partial charge in [0.25, 0.3) is 0 Å². The molecule has 0 aliphatic heterocycles. The SMILES string of the molecule is Cn1cncc1-n1c(-c2[c-]cc(F)cc2F)nc(-c2ccccc2)c1-c1ccccc1.[Ir]. The summed E-state index contributed by atoms with van der Waals surface area (Å²) in [6.45, 7) is 0. The molecule has 0 aliphatic rings. The fourth-order valence-electron chi connectivity index (χ4n) is 3.65. The number of aromatic nitrogens is 4. The molecule has 0 amide bonds. The monoisotopic (exact) mass is 604 g/mol. The third-order valence-electron chi connectivity index (χ3n) is 5.07. The van der Waals surface area contributed by atoms with Crippen molar-refractivity contribution in [3.8, 4) is 39.7 Å². The molecule has 1 radical (unpaired) electrons. The Balaban J connectivity index is 0.00000245. The largest absolute Gasteiger partial charge is 0.321 e. The van der Waals surface area contributed by atoms with Gasteiger partial charge in [-0.15, -0.1) is 12.1 Å². The van der Waals surface area contributed by atoms with E-state index in [0.29, 0.717) is 17.3 Å². The van der Waals surface area contributed by atoms with Crippen LogP contribution in [0, 0.1) is 17.7 Å². The molecule has 2 heterocycles. The molecular weight excluding hydrogens is 587 g/mol. The van der Waals surface area contributed by atoms with Crippen molar-refractivity contribution in [3.05, 3.63) is 103 Å². The van der Waals surface area contributed by atoms with Gasteiger partial charge in [-0.1, -0.05) is 72.3 Å². The molecule has 5 rings (SSSR count). The first-order valence-corrected chi connectivity index (χ1v) is 9.71. The Morgan fingerprint density at radius 1 is 0.906 bits per heavy atom. The predicted molar refractivity (Wildman–Crippen MR) is 115 cm³/mol. The van der Waals surface area contributed by atoms with Crippen LogP contribution in [0.4, 0.5) is 8.78 Å². The molecular formula is C25H17F2IrN4-. The number of aryl methyl sites for hydroxylation is 1. The minimum atomic E-state index is -0.729. The van der Waals surface area contributed by atoms with Crippen molar-refractivity contribution in [1.82, 2.24) is 19.1 Å². The van der Waals surface area contributed by atoms with Crippen LogP contribution < -0.4 is 0 Å². The third kappa shape index (κ3) is 3.81. The molecule has 3 aromatic carbocycles. The quantitative estimate of drug-likeness (QED) is 0.248. The molecule has 0 aliphatic carbocycles. The molecule has 0 bridgehead atoms. The van der Waals surface area contributed by atoms with E-state index < -0.39 is 11.6 Å². The van der Waals surface area contributed by atoms with Crippen LogP contribution in [0.5, 0.6) is 0 Å². The zero-order valence-electron chi connectivity index (χ0n) is 17.0. The van der Waals surface area contributed by atoms with Gasteiger partial charge in [0.2, 0.25) is 0 Å². The molecule has 0 saturated carbocycles. The van der Waals surface area contributed by atoms with E-state index in [4.69, 9.17) is 4.98 Å². The van der Waals surface area contributed by atoms with Crippen LogP contribution in [0.2, 0.25) is 0 Å². The topological polar surface area (TPSA) is 35.6 Å². The standard InChI is InChI=1S/C25H17F2N4.Ir/c1-30-16-28-15-22(30)31-24(18-10-6-3-7-11-18)23(17-8-4-2-5-9-17)29-25(31)20-13-12-19(26)14-21(20)27;/h2-12,14-16H,1H3;/q-1;. The number of hydrogen-bond acceptors (Lipinski definition) is 2. The minimum Gasteiger partial charge on any atom is -0.321 e. The summed E-state index contributed by atoms with van der Waals surface area (Å²) in [4.78, 5) is 9.08. The van der Waals surface area contributed by atoms with E-state index in [1.807, 2.05) is 76.8 Å². The van der Waals surface area contributed by atoms with E-state index in [2.05, 4.69) is 11.1 Å². The molecule has 161 valence electrons. The second-order valence-electron chi connectivity index (χ2n) is 7.10. The second kappa shape index (κ2) is 8.99. The maximum atomic E-state index is 14.9. The normalized spacial score (nSPS) is 10.7. The van der Waals surface area contributed by atoms with E-state index >= 15 is 0 Å². The summed E-state index contributed by atoms with van der Waals surface area (Å²) >= 11 is 0. The minimum absolute atomic E-state index is 0. The number of nitrogens with zero attached hydrogens (tertiary/aromatic N) is 4. The number of hydrogen-bond donors (Lipinski definition) is 0. The van der Waals surface area contributed by atoms with Gasteiger partial charge in [0, 0.05) is 49.9 Å². The summed E-state index contributed by atoms with van der Waals surface area (Å²) < 4.78 is 32.1. The first-order valence-electron chi connectivity index (χ1n) is 9.71. The summed E-state index contributed by atoms with van der Waals surface area (Å²) in [6.07, 6.45) is 3.36. The van der Waals surface area contributed by atoms with Crippen LogP contribution in [0.15, 0.2) is 85.3 Å². The average Bonchev–Trinajstić information content (AvgIpc) is 3.38. The van der Waals surface area contributed by atoms with Gasteiger partial charge in [-0.3, -0.25) is 13.8 Å². The molecule has 5 aromatic rings. The maximum absolute atomic E-state index is 14.9. The fraction of sp³-hybridized carbons (Fsp3) is 0.0400. The van der Waals surface area contributed by atoms with Gasteiger partial charge in [-0.05, 0) is 0 Å². The zero-order valence-corrected chi connectivity index (χ0v) is 19.4. The van der Waals surface area contributed by atoms with Crippen LogP contribution in [-0.4, -0.2) is 19.1 Å². The van der Waals surface area contributed by atoms with Gasteiger partial charge in [-0.2, -0.15) is 0 Å². The molecule has 0 saturated heterocycles. The molecule has 2 aromatic heterocycles. The maximum Gasteiger partial charge on any atom is 0.130 e. The summed E-state index contributed by atoms with van der Waals surface area (Å²) in [5.74, 6) is -0.404. The Morgan fingerprint density at radius 2 is 1.56 bits per heavy atom. The summed E-state index contributed by atoms with van der Waals surface area (Å²) in [6, 6.07) is 24.1. The van der Waals surface area contributed by atoms with Crippen LogP contribution in [-0.2, 0) is 27.2 Å². The molecule has 0 N–H and O–H groups in total. The van der Waals surface area contributed by atoms with Crippen LogP contribution in [0.1, 0.15) is 0 Å². The Labute approximate surface area is 197 Å². The van der Waals surface area contributed by atoms with Crippen molar-refractivity contribution in [2.45, 2.75) is 0 Å². The van der Waals surface area contributed by atoms with Gasteiger partial charge in [0.05, 0.1) is 29.7 Å². The van der Waals surface area contributed by atoms with Gasteiger partial charge in [0.1, 0.15) is 5.82 Å². The first-order chi connectivity index (χ1) is 15.1. The molecule has 0 atom stereocenters. The van der Waals surface area contributed by atoms with E-state index in [1.165, 1.54) is 0 Å². The van der Waals surface area contributed by atoms with Gasteiger partial charge in [0.15, 0.2) is 0 Å². The molecule has 32 heavy (non-hydrogen) atoms. The van der Waals surface area contributed by atoms with Crippen molar-refractivity contribution in [3.63, 3.8) is 0 Å². The van der Waals surface area contributed by atoms with Crippen LogP contribution >= 0.6 is 0 Å². The van der Waals surface area contributed by atoms with Gasteiger partial charge in [-0.25, -0.2) is 4.98 Å². The molecule has 7 heteroatoms.